The van der Waals surface area contributed by atoms with E-state index in [1.807, 2.05) is 0 Å². The summed E-state index contributed by atoms with van der Waals surface area (Å²) in [5, 5.41) is 17.9. The van der Waals surface area contributed by atoms with Crippen molar-refractivity contribution in [2.45, 2.75) is 45.3 Å². The van der Waals surface area contributed by atoms with Crippen LogP contribution in [-0.2, 0) is 4.79 Å². The highest BCUT2D eigenvalue weighted by molar-refractivity contribution is 5.75. The first-order valence-corrected chi connectivity index (χ1v) is 3.89. The lowest BCUT2D eigenvalue weighted by Gasteiger charge is -2.11. The largest absolute Gasteiger partial charge is 0.391 e. The Bertz CT molecular complexity index is 121. The summed E-state index contributed by atoms with van der Waals surface area (Å²) >= 11 is 0. The number of aliphatic hydroxyl groups excluding tert-OH is 2. The lowest BCUT2D eigenvalue weighted by molar-refractivity contribution is -0.117. The van der Waals surface area contributed by atoms with Crippen LogP contribution in [0.1, 0.15) is 33.1 Å². The van der Waals surface area contributed by atoms with Gasteiger partial charge in [0.05, 0.1) is 12.2 Å². The average Bonchev–Trinajstić information content (AvgIpc) is 1.86. The molecule has 2 atom stereocenters. The second-order valence-corrected chi connectivity index (χ2v) is 2.90. The van der Waals surface area contributed by atoms with Crippen LogP contribution in [0, 0.1) is 0 Å². The van der Waals surface area contributed by atoms with E-state index in [9.17, 15) is 4.79 Å². The molecule has 0 fully saturated rings. The van der Waals surface area contributed by atoms with E-state index in [1.54, 1.807) is 6.92 Å². The van der Waals surface area contributed by atoms with Crippen LogP contribution in [0.2, 0.25) is 0 Å². The van der Waals surface area contributed by atoms with Gasteiger partial charge in [0.1, 0.15) is 5.78 Å². The third-order valence-electron chi connectivity index (χ3n) is 1.59. The Morgan fingerprint density at radius 3 is 2.36 bits per heavy atom. The molecule has 2 N–H and O–H groups in total. The maximum Gasteiger partial charge on any atom is 0.129 e. The topological polar surface area (TPSA) is 57.5 Å². The number of hydrogen-bond acceptors (Lipinski definition) is 3. The second kappa shape index (κ2) is 5.27. The Balaban J connectivity index is 3.31. The van der Waals surface area contributed by atoms with Gasteiger partial charge in [0.25, 0.3) is 0 Å². The van der Waals surface area contributed by atoms with Gasteiger partial charge in [-0.2, -0.15) is 0 Å². The predicted octanol–water partition coefficient (Wildman–Crippen LogP) is 0.487. The maximum atomic E-state index is 10.5. The summed E-state index contributed by atoms with van der Waals surface area (Å²) < 4.78 is 0. The van der Waals surface area contributed by atoms with Crippen LogP contribution in [-0.4, -0.2) is 28.2 Å². The minimum Gasteiger partial charge on any atom is -0.391 e. The van der Waals surface area contributed by atoms with Crippen LogP contribution in [0.15, 0.2) is 0 Å². The lowest BCUT2D eigenvalue weighted by Crippen LogP contribution is -2.22. The first-order valence-electron chi connectivity index (χ1n) is 3.89. The Morgan fingerprint density at radius 2 is 2.00 bits per heavy atom. The minimum absolute atomic E-state index is 0.128. The summed E-state index contributed by atoms with van der Waals surface area (Å²) in [4.78, 5) is 10.5. The number of rotatable bonds is 5. The van der Waals surface area contributed by atoms with Crippen molar-refractivity contribution in [2.24, 2.45) is 0 Å². The van der Waals surface area contributed by atoms with E-state index in [2.05, 4.69) is 0 Å². The fourth-order valence-corrected chi connectivity index (χ4v) is 0.801. The maximum absolute atomic E-state index is 10.5. The van der Waals surface area contributed by atoms with Crippen molar-refractivity contribution in [3.63, 3.8) is 0 Å². The molecule has 2 unspecified atom stereocenters. The number of carbonyl (C=O) groups excluding carboxylic acids is 1. The fraction of sp³-hybridized carbons (Fsp3) is 0.875. The Kier molecular flexibility index (Phi) is 5.07. The molecule has 0 radical (unpaired) electrons. The molecule has 0 saturated heterocycles. The molecule has 0 aliphatic carbocycles. The van der Waals surface area contributed by atoms with Crippen molar-refractivity contribution in [2.75, 3.05) is 0 Å². The van der Waals surface area contributed by atoms with Crippen LogP contribution < -0.4 is 0 Å². The minimum atomic E-state index is -0.693. The van der Waals surface area contributed by atoms with Crippen LogP contribution >= 0.6 is 0 Å². The number of carbonyl (C=O) groups is 1. The summed E-state index contributed by atoms with van der Waals surface area (Å²) in [6, 6.07) is 0. The van der Waals surface area contributed by atoms with Gasteiger partial charge in [0, 0.05) is 6.42 Å². The highest BCUT2D eigenvalue weighted by Crippen LogP contribution is 2.04. The van der Waals surface area contributed by atoms with E-state index in [1.165, 1.54) is 6.92 Å². The molecule has 0 spiro atoms. The first-order chi connectivity index (χ1) is 5.04. The number of aliphatic hydroxyl groups is 2. The summed E-state index contributed by atoms with van der Waals surface area (Å²) in [7, 11) is 0. The molecule has 3 nitrogen and oxygen atoms in total. The van der Waals surface area contributed by atoms with Crippen molar-refractivity contribution in [1.82, 2.24) is 0 Å². The van der Waals surface area contributed by atoms with E-state index >= 15 is 0 Å². The smallest absolute Gasteiger partial charge is 0.129 e. The summed E-state index contributed by atoms with van der Waals surface area (Å²) in [5.74, 6) is 0.128. The fourth-order valence-electron chi connectivity index (χ4n) is 0.801. The summed E-state index contributed by atoms with van der Waals surface area (Å²) in [6.07, 6.45) is 0.263. The molecule has 11 heavy (non-hydrogen) atoms. The SMILES string of the molecule is CC(=O)CCCC(O)C(C)O. The van der Waals surface area contributed by atoms with Gasteiger partial charge >= 0.3 is 0 Å². The summed E-state index contributed by atoms with van der Waals surface area (Å²) in [5.41, 5.74) is 0. The van der Waals surface area contributed by atoms with Crippen LogP contribution in [0.3, 0.4) is 0 Å². The number of Topliss-reactive ketones (excluding diaryl/α,β-unsaturated/α-hetero) is 1. The van der Waals surface area contributed by atoms with Crippen molar-refractivity contribution in [1.29, 1.82) is 0 Å². The average molecular weight is 160 g/mol. The van der Waals surface area contributed by atoms with Gasteiger partial charge in [-0.3, -0.25) is 0 Å². The van der Waals surface area contributed by atoms with Crippen molar-refractivity contribution >= 4 is 5.78 Å². The number of hydrogen-bond donors (Lipinski definition) is 2. The molecule has 0 aliphatic rings. The molecule has 0 aromatic rings. The summed E-state index contributed by atoms with van der Waals surface area (Å²) in [6.45, 7) is 3.06. The van der Waals surface area contributed by atoms with Gasteiger partial charge in [-0.05, 0) is 26.7 Å². The van der Waals surface area contributed by atoms with Gasteiger partial charge in [-0.15, -0.1) is 0 Å². The molecular formula is C8H16O3. The lowest BCUT2D eigenvalue weighted by atomic mass is 10.1. The van der Waals surface area contributed by atoms with Gasteiger partial charge < -0.3 is 15.0 Å². The molecule has 0 amide bonds. The van der Waals surface area contributed by atoms with Gasteiger partial charge in [0.2, 0.25) is 0 Å². The van der Waals surface area contributed by atoms with Gasteiger partial charge in [0.15, 0.2) is 0 Å². The third kappa shape index (κ3) is 6.01. The molecule has 66 valence electrons. The van der Waals surface area contributed by atoms with Crippen LogP contribution in [0.5, 0.6) is 0 Å². The zero-order chi connectivity index (χ0) is 8.85. The monoisotopic (exact) mass is 160 g/mol. The van der Waals surface area contributed by atoms with Gasteiger partial charge in [-0.25, -0.2) is 0 Å². The molecule has 3 heteroatoms. The van der Waals surface area contributed by atoms with E-state index < -0.39 is 12.2 Å². The molecule has 0 aromatic heterocycles. The zero-order valence-electron chi connectivity index (χ0n) is 7.08. The third-order valence-corrected chi connectivity index (χ3v) is 1.59. The zero-order valence-corrected chi connectivity index (χ0v) is 7.08. The Labute approximate surface area is 67.0 Å². The Morgan fingerprint density at radius 1 is 1.45 bits per heavy atom. The first kappa shape index (κ1) is 10.6. The molecular weight excluding hydrogens is 144 g/mol. The van der Waals surface area contributed by atoms with Gasteiger partial charge in [-0.1, -0.05) is 0 Å². The van der Waals surface area contributed by atoms with E-state index in [4.69, 9.17) is 10.2 Å². The Hall–Kier alpha value is -0.410. The van der Waals surface area contributed by atoms with Crippen molar-refractivity contribution < 1.29 is 15.0 Å². The molecule has 0 bridgehead atoms. The van der Waals surface area contributed by atoms with Crippen LogP contribution in [0.4, 0.5) is 0 Å². The van der Waals surface area contributed by atoms with Crippen molar-refractivity contribution in [3.8, 4) is 0 Å². The second-order valence-electron chi connectivity index (χ2n) is 2.90. The van der Waals surface area contributed by atoms with E-state index in [-0.39, 0.29) is 5.78 Å². The number of ketones is 1. The highest BCUT2D eigenvalue weighted by Gasteiger charge is 2.09. The quantitative estimate of drug-likeness (QED) is 0.615. The van der Waals surface area contributed by atoms with E-state index in [0.29, 0.717) is 19.3 Å². The molecule has 0 aliphatic heterocycles. The predicted molar refractivity (Wildman–Crippen MR) is 42.2 cm³/mol. The van der Waals surface area contributed by atoms with Crippen LogP contribution in [0.25, 0.3) is 0 Å². The standard InChI is InChI=1S/C8H16O3/c1-6(9)4-3-5-8(11)7(2)10/h7-8,10-11H,3-5H2,1-2H3. The molecule has 0 saturated carbocycles. The molecule has 0 heterocycles. The normalized spacial score (nSPS) is 16.0. The van der Waals surface area contributed by atoms with E-state index in [0.717, 1.165) is 0 Å². The molecule has 0 aromatic carbocycles. The van der Waals surface area contributed by atoms with Crippen molar-refractivity contribution in [3.05, 3.63) is 0 Å². The molecule has 0 rings (SSSR count). The highest BCUT2D eigenvalue weighted by atomic mass is 16.3.